The summed E-state index contributed by atoms with van der Waals surface area (Å²) >= 11 is 0. The number of nitrogens with two attached hydrogens (primary N) is 1. The van der Waals surface area contributed by atoms with E-state index in [9.17, 15) is 0 Å². The van der Waals surface area contributed by atoms with Crippen LogP contribution in [0.1, 0.15) is 0 Å². The number of benzene rings is 1. The zero-order chi connectivity index (χ0) is 5.98. The molecule has 5 heteroatoms. The molecule has 0 aliphatic heterocycles. The molecule has 0 spiro atoms. The Kier molecular flexibility index (Phi) is 10.6. The first-order valence-corrected chi connectivity index (χ1v) is 2.61. The van der Waals surface area contributed by atoms with Gasteiger partial charge < -0.3 is 22.2 Å². The molecule has 0 atom stereocenters. The van der Waals surface area contributed by atoms with E-state index in [2.05, 4.69) is 0 Å². The Balaban J connectivity index is -0.000000213. The Morgan fingerprint density at radius 1 is 1.09 bits per heavy atom. The maximum absolute atomic E-state index is 5.46. The van der Waals surface area contributed by atoms with Crippen molar-refractivity contribution in [3.05, 3.63) is 24.3 Å². The molecule has 0 saturated carbocycles. The van der Waals surface area contributed by atoms with E-state index in [-0.39, 0.29) is 16.4 Å². The second kappa shape index (κ2) is 7.08. The fourth-order valence-electron chi connectivity index (χ4n) is 0.670. The second-order valence-electron chi connectivity index (χ2n) is 1.91. The first kappa shape index (κ1) is 16.5. The Hall–Kier alpha value is -1.04. The summed E-state index contributed by atoms with van der Waals surface area (Å²) in [5.41, 5.74) is 7.51. The predicted octanol–water partition coefficient (Wildman–Crippen LogP) is -2.95. The van der Waals surface area contributed by atoms with Gasteiger partial charge in [-0.2, -0.15) is 0 Å². The molecule has 1 rings (SSSR count). The number of anilines is 1. The molecule has 0 radical (unpaired) electrons. The van der Waals surface area contributed by atoms with Gasteiger partial charge in [0.25, 0.3) is 0 Å². The van der Waals surface area contributed by atoms with Gasteiger partial charge in [0.2, 0.25) is 0 Å². The highest BCUT2D eigenvalue weighted by Gasteiger charge is 1.81. The van der Waals surface area contributed by atoms with E-state index in [0.29, 0.717) is 0 Å². The highest BCUT2D eigenvalue weighted by atomic mass is 16.0. The fourth-order valence-corrected chi connectivity index (χ4v) is 0.670. The number of hydrogen-bond acceptors (Lipinski definition) is 1. The minimum atomic E-state index is 0. The van der Waals surface area contributed by atoms with Gasteiger partial charge in [-0.3, -0.25) is 0 Å². The van der Waals surface area contributed by atoms with Crippen molar-refractivity contribution in [3.8, 4) is 0 Å². The predicted molar refractivity (Wildman–Crippen MR) is 49.9 cm³/mol. The molecule has 0 aromatic heterocycles. The molecule has 0 bridgehead atoms. The van der Waals surface area contributed by atoms with E-state index in [1.807, 2.05) is 32.1 Å². The maximum atomic E-state index is 5.46. The smallest absolute Gasteiger partial charge is 0.139 e. The quantitative estimate of drug-likeness (QED) is 0.316. The van der Waals surface area contributed by atoms with Gasteiger partial charge in [-0.1, -0.05) is 17.6 Å². The van der Waals surface area contributed by atoms with Crippen LogP contribution in [-0.2, 0) is 0 Å². The molecular formula is C6H14BNO3. The zero-order valence-corrected chi connectivity index (χ0v) is 6.39. The monoisotopic (exact) mass is 159 g/mol. The molecule has 0 unspecified atom stereocenters. The first-order chi connectivity index (χ1) is 3.79. The van der Waals surface area contributed by atoms with Gasteiger partial charge in [0.1, 0.15) is 7.85 Å². The minimum Gasteiger partial charge on any atom is -0.412 e. The Bertz CT molecular complexity index is 178. The lowest BCUT2D eigenvalue weighted by Crippen LogP contribution is -2.01. The van der Waals surface area contributed by atoms with Crippen molar-refractivity contribution in [1.29, 1.82) is 0 Å². The summed E-state index contributed by atoms with van der Waals surface area (Å²) in [5, 5.41) is 0. The fraction of sp³-hybridized carbons (Fsp3) is 0. The molecule has 0 heterocycles. The summed E-state index contributed by atoms with van der Waals surface area (Å²) in [6, 6.07) is 7.80. The average molecular weight is 159 g/mol. The van der Waals surface area contributed by atoms with E-state index >= 15 is 0 Å². The van der Waals surface area contributed by atoms with E-state index in [1.165, 1.54) is 5.46 Å². The van der Waals surface area contributed by atoms with Crippen molar-refractivity contribution in [1.82, 2.24) is 0 Å². The molecule has 0 aliphatic rings. The standard InChI is InChI=1S/C6H8BN.3H2O/c7-5-2-1-3-6(8)4-5;;;/h1-4H,7-8H2;3*1H2. The third-order valence-corrected chi connectivity index (χ3v) is 1.04. The summed E-state index contributed by atoms with van der Waals surface area (Å²) in [6.07, 6.45) is 0. The molecule has 0 saturated heterocycles. The molecule has 64 valence electrons. The lowest BCUT2D eigenvalue weighted by Gasteiger charge is -1.91. The van der Waals surface area contributed by atoms with E-state index < -0.39 is 0 Å². The SMILES string of the molecule is Bc1cccc(N)c1.O.O.O. The molecule has 4 nitrogen and oxygen atoms in total. The van der Waals surface area contributed by atoms with E-state index in [4.69, 9.17) is 5.73 Å². The topological polar surface area (TPSA) is 121 Å². The van der Waals surface area contributed by atoms with Crippen LogP contribution < -0.4 is 11.2 Å². The zero-order valence-electron chi connectivity index (χ0n) is 6.39. The maximum Gasteiger partial charge on any atom is 0.139 e. The van der Waals surface area contributed by atoms with Crippen molar-refractivity contribution < 1.29 is 16.4 Å². The molecule has 1 aromatic rings. The highest BCUT2D eigenvalue weighted by molar-refractivity contribution is 6.32. The third-order valence-electron chi connectivity index (χ3n) is 1.04. The van der Waals surface area contributed by atoms with Gasteiger partial charge in [0.05, 0.1) is 0 Å². The molecular weight excluding hydrogens is 145 g/mol. The Morgan fingerprint density at radius 2 is 1.64 bits per heavy atom. The van der Waals surface area contributed by atoms with Crippen LogP contribution in [0.5, 0.6) is 0 Å². The van der Waals surface area contributed by atoms with Gasteiger partial charge in [-0.15, -0.1) is 0 Å². The molecule has 0 fully saturated rings. The number of rotatable bonds is 0. The summed E-state index contributed by atoms with van der Waals surface area (Å²) < 4.78 is 0. The summed E-state index contributed by atoms with van der Waals surface area (Å²) in [7, 11) is 2.02. The second-order valence-corrected chi connectivity index (χ2v) is 1.91. The van der Waals surface area contributed by atoms with Crippen LogP contribution >= 0.6 is 0 Å². The normalized spacial score (nSPS) is 6.55. The largest absolute Gasteiger partial charge is 0.412 e. The number of hydrogen-bond donors (Lipinski definition) is 1. The van der Waals surface area contributed by atoms with Crippen LogP contribution in [0, 0.1) is 0 Å². The molecule has 0 aliphatic carbocycles. The van der Waals surface area contributed by atoms with Crippen LogP contribution in [0.4, 0.5) is 5.69 Å². The summed E-state index contributed by atoms with van der Waals surface area (Å²) in [4.78, 5) is 0. The van der Waals surface area contributed by atoms with Crippen LogP contribution in [-0.4, -0.2) is 24.3 Å². The van der Waals surface area contributed by atoms with Crippen molar-refractivity contribution in [2.24, 2.45) is 0 Å². The lowest BCUT2D eigenvalue weighted by molar-refractivity contribution is 0.823. The average Bonchev–Trinajstić information content (AvgIpc) is 1.64. The van der Waals surface area contributed by atoms with Crippen LogP contribution in [0.2, 0.25) is 0 Å². The van der Waals surface area contributed by atoms with Gasteiger partial charge >= 0.3 is 0 Å². The Labute approximate surface area is 66.4 Å². The van der Waals surface area contributed by atoms with Gasteiger partial charge in [-0.25, -0.2) is 0 Å². The Morgan fingerprint density at radius 3 is 1.91 bits per heavy atom. The summed E-state index contributed by atoms with van der Waals surface area (Å²) in [6.45, 7) is 0. The highest BCUT2D eigenvalue weighted by Crippen LogP contribution is 1.93. The van der Waals surface area contributed by atoms with Crippen molar-refractivity contribution >= 4 is 19.0 Å². The van der Waals surface area contributed by atoms with Crippen molar-refractivity contribution in [2.45, 2.75) is 0 Å². The van der Waals surface area contributed by atoms with Crippen LogP contribution in [0.25, 0.3) is 0 Å². The van der Waals surface area contributed by atoms with Crippen molar-refractivity contribution in [2.75, 3.05) is 5.73 Å². The van der Waals surface area contributed by atoms with Crippen LogP contribution in [0.3, 0.4) is 0 Å². The molecule has 0 amide bonds. The molecule has 8 N–H and O–H groups in total. The number of nitrogen functional groups attached to an aromatic ring is 1. The lowest BCUT2D eigenvalue weighted by atomic mass is 9.96. The van der Waals surface area contributed by atoms with Crippen molar-refractivity contribution in [3.63, 3.8) is 0 Å². The van der Waals surface area contributed by atoms with Crippen LogP contribution in [0.15, 0.2) is 24.3 Å². The van der Waals surface area contributed by atoms with E-state index in [1.54, 1.807) is 0 Å². The van der Waals surface area contributed by atoms with Gasteiger partial charge in [-0.05, 0) is 12.1 Å². The summed E-state index contributed by atoms with van der Waals surface area (Å²) in [5.74, 6) is 0. The minimum absolute atomic E-state index is 0. The molecule has 1 aromatic carbocycles. The molecule has 11 heavy (non-hydrogen) atoms. The van der Waals surface area contributed by atoms with Gasteiger partial charge in [0.15, 0.2) is 0 Å². The van der Waals surface area contributed by atoms with E-state index in [0.717, 1.165) is 5.69 Å². The van der Waals surface area contributed by atoms with Gasteiger partial charge in [0, 0.05) is 5.69 Å². The first-order valence-electron chi connectivity index (χ1n) is 2.61. The third kappa shape index (κ3) is 5.41.